The zero-order valence-corrected chi connectivity index (χ0v) is 26.5. The van der Waals surface area contributed by atoms with Crippen LogP contribution in [0.25, 0.3) is 80.4 Å². The molecule has 0 aliphatic rings. The van der Waals surface area contributed by atoms with E-state index in [1.807, 2.05) is 23.5 Å². The third-order valence-corrected chi connectivity index (χ3v) is 11.1. The van der Waals surface area contributed by atoms with E-state index in [-0.39, 0.29) is 0 Å². The van der Waals surface area contributed by atoms with Crippen molar-refractivity contribution in [3.05, 3.63) is 158 Å². The number of benzene rings is 8. The molecule has 0 N–H and O–H groups in total. The van der Waals surface area contributed by atoms with E-state index in [2.05, 4.69) is 155 Å². The highest BCUT2D eigenvalue weighted by Crippen LogP contribution is 2.48. The Balaban J connectivity index is 1.24. The fourth-order valence-corrected chi connectivity index (χ4v) is 9.06. The van der Waals surface area contributed by atoms with Crippen LogP contribution in [0.5, 0.6) is 0 Å². The molecule has 0 fully saturated rings. The number of thiophene rings is 1. The predicted molar refractivity (Wildman–Crippen MR) is 204 cm³/mol. The van der Waals surface area contributed by atoms with E-state index in [1.165, 1.54) is 52.8 Å². The highest BCUT2D eigenvalue weighted by Gasteiger charge is 2.23. The highest BCUT2D eigenvalue weighted by atomic mass is 32.1. The summed E-state index contributed by atoms with van der Waals surface area (Å²) >= 11 is 1.90. The number of hydrogen-bond donors (Lipinski definition) is 0. The van der Waals surface area contributed by atoms with Gasteiger partial charge in [-0.3, -0.25) is 0 Å². The number of nitrogens with zero attached hydrogens (tertiary/aromatic N) is 2. The highest BCUT2D eigenvalue weighted by molar-refractivity contribution is 7.26. The molecule has 3 nitrogen and oxygen atoms in total. The molecule has 0 aliphatic heterocycles. The lowest BCUT2D eigenvalue weighted by Gasteiger charge is -2.26. The summed E-state index contributed by atoms with van der Waals surface area (Å²) in [5.74, 6) is 0. The zero-order chi connectivity index (χ0) is 31.3. The summed E-state index contributed by atoms with van der Waals surface area (Å²) in [5.41, 5.74) is 8.61. The first-order valence-electron chi connectivity index (χ1n) is 16.3. The van der Waals surface area contributed by atoms with Crippen molar-refractivity contribution in [3.8, 4) is 5.69 Å². The minimum Gasteiger partial charge on any atom is -0.456 e. The van der Waals surface area contributed by atoms with E-state index in [9.17, 15) is 0 Å². The molecule has 0 atom stereocenters. The van der Waals surface area contributed by atoms with Crippen LogP contribution in [0.15, 0.2) is 162 Å². The third-order valence-electron chi connectivity index (χ3n) is 9.89. The Hall–Kier alpha value is -6.10. The molecule has 0 amide bonds. The van der Waals surface area contributed by atoms with Crippen LogP contribution in [0.4, 0.5) is 17.1 Å². The Kier molecular flexibility index (Phi) is 5.26. The Morgan fingerprint density at radius 3 is 2.04 bits per heavy atom. The number of aromatic nitrogens is 1. The van der Waals surface area contributed by atoms with Gasteiger partial charge in [-0.2, -0.15) is 0 Å². The van der Waals surface area contributed by atoms with Gasteiger partial charge in [0.05, 0.1) is 11.0 Å². The van der Waals surface area contributed by atoms with Crippen LogP contribution in [0.1, 0.15) is 0 Å². The van der Waals surface area contributed by atoms with Gasteiger partial charge < -0.3 is 13.9 Å². The second-order valence-corrected chi connectivity index (χ2v) is 13.6. The molecule has 0 spiro atoms. The summed E-state index contributed by atoms with van der Waals surface area (Å²) in [4.78, 5) is 2.35. The summed E-state index contributed by atoms with van der Waals surface area (Å²) in [7, 11) is 0. The zero-order valence-electron chi connectivity index (χ0n) is 25.7. The molecule has 3 heterocycles. The van der Waals surface area contributed by atoms with Crippen molar-refractivity contribution in [2.75, 3.05) is 4.90 Å². The Labute approximate surface area is 279 Å². The maximum Gasteiger partial charge on any atom is 0.137 e. The summed E-state index contributed by atoms with van der Waals surface area (Å²) in [6.07, 6.45) is 0. The van der Waals surface area contributed by atoms with Crippen molar-refractivity contribution in [2.45, 2.75) is 0 Å². The van der Waals surface area contributed by atoms with Gasteiger partial charge in [0.25, 0.3) is 0 Å². The quantitative estimate of drug-likeness (QED) is 0.180. The summed E-state index contributed by atoms with van der Waals surface area (Å²) in [5, 5.41) is 10.1. The maximum atomic E-state index is 6.37. The van der Waals surface area contributed by atoms with Crippen LogP contribution in [0.3, 0.4) is 0 Å². The van der Waals surface area contributed by atoms with Crippen molar-refractivity contribution >= 4 is 103 Å². The van der Waals surface area contributed by atoms with Crippen LogP contribution in [0, 0.1) is 0 Å². The van der Waals surface area contributed by atoms with Crippen LogP contribution in [0.2, 0.25) is 0 Å². The lowest BCUT2D eigenvalue weighted by Crippen LogP contribution is -2.10. The van der Waals surface area contributed by atoms with Gasteiger partial charge >= 0.3 is 0 Å². The second kappa shape index (κ2) is 9.71. The van der Waals surface area contributed by atoms with Crippen molar-refractivity contribution in [1.29, 1.82) is 0 Å². The molecule has 8 aromatic carbocycles. The number of anilines is 3. The molecule has 0 aliphatic carbocycles. The van der Waals surface area contributed by atoms with Gasteiger partial charge in [-0.15, -0.1) is 11.3 Å². The molecule has 0 saturated carbocycles. The van der Waals surface area contributed by atoms with E-state index < -0.39 is 0 Å². The van der Waals surface area contributed by atoms with Crippen molar-refractivity contribution in [3.63, 3.8) is 0 Å². The molecule has 11 rings (SSSR count). The molecule has 224 valence electrons. The van der Waals surface area contributed by atoms with Gasteiger partial charge in [0.2, 0.25) is 0 Å². The van der Waals surface area contributed by atoms with Crippen LogP contribution >= 0.6 is 11.3 Å². The first-order chi connectivity index (χ1) is 23.8. The van der Waals surface area contributed by atoms with E-state index in [0.717, 1.165) is 44.7 Å². The largest absolute Gasteiger partial charge is 0.456 e. The number of para-hydroxylation sites is 3. The minimum absolute atomic E-state index is 0.882. The Morgan fingerprint density at radius 2 is 1.17 bits per heavy atom. The molecular weight excluding hydrogens is 605 g/mol. The van der Waals surface area contributed by atoms with Crippen LogP contribution in [-0.2, 0) is 0 Å². The topological polar surface area (TPSA) is 21.3 Å². The van der Waals surface area contributed by atoms with Gasteiger partial charge in [0.15, 0.2) is 0 Å². The van der Waals surface area contributed by atoms with Gasteiger partial charge in [0, 0.05) is 75.9 Å². The summed E-state index contributed by atoms with van der Waals surface area (Å²) in [6, 6.07) is 56.9. The molecule has 0 bridgehead atoms. The molecule has 0 unspecified atom stereocenters. The Bertz CT molecular complexity index is 3000. The standard InChI is InChI=1S/C44H26N2OS/c1-3-11-28(12-4-1)45(30-20-22-33-32-15-7-9-17-39(32)47-40(33)25-30)31-23-27-19-21-35-43-38(26-36-34-16-8-10-18-41(34)48-44(35)36)46(37(24-31)42(27)43)29-13-5-2-6-14-29/h1-26H. The maximum absolute atomic E-state index is 6.37. The van der Waals surface area contributed by atoms with Crippen molar-refractivity contribution in [1.82, 2.24) is 4.57 Å². The SMILES string of the molecule is c1ccc(N(c2ccc3c(c2)oc2ccccc23)c2cc3ccc4c5sc6ccccc6c5cc5c4c3c(c2)n5-c2ccccc2)cc1. The second-order valence-electron chi connectivity index (χ2n) is 12.5. The van der Waals surface area contributed by atoms with E-state index >= 15 is 0 Å². The summed E-state index contributed by atoms with van der Waals surface area (Å²) < 4.78 is 11.5. The van der Waals surface area contributed by atoms with Gasteiger partial charge in [-0.25, -0.2) is 0 Å². The number of fused-ring (bicyclic) bond motifs is 7. The smallest absolute Gasteiger partial charge is 0.137 e. The molecule has 48 heavy (non-hydrogen) atoms. The Morgan fingerprint density at radius 1 is 0.458 bits per heavy atom. The third kappa shape index (κ3) is 3.58. The molecule has 4 heteroatoms. The molecule has 0 radical (unpaired) electrons. The lowest BCUT2D eigenvalue weighted by molar-refractivity contribution is 0.669. The predicted octanol–water partition coefficient (Wildman–Crippen LogP) is 13.1. The van der Waals surface area contributed by atoms with E-state index in [4.69, 9.17) is 4.42 Å². The van der Waals surface area contributed by atoms with Crippen molar-refractivity contribution < 1.29 is 4.42 Å². The number of rotatable bonds is 4. The average molecular weight is 631 g/mol. The normalized spacial score (nSPS) is 12.2. The van der Waals surface area contributed by atoms with Crippen LogP contribution in [-0.4, -0.2) is 4.57 Å². The lowest BCUT2D eigenvalue weighted by atomic mass is 9.99. The van der Waals surface area contributed by atoms with E-state index in [0.29, 0.717) is 0 Å². The van der Waals surface area contributed by atoms with Crippen LogP contribution < -0.4 is 4.90 Å². The number of hydrogen-bond acceptors (Lipinski definition) is 3. The average Bonchev–Trinajstić information content (AvgIpc) is 3.81. The monoisotopic (exact) mass is 630 g/mol. The first-order valence-corrected chi connectivity index (χ1v) is 17.1. The fraction of sp³-hybridized carbons (Fsp3) is 0. The van der Waals surface area contributed by atoms with Gasteiger partial charge in [-0.1, -0.05) is 84.9 Å². The first kappa shape index (κ1) is 26.0. The molecule has 11 aromatic rings. The van der Waals surface area contributed by atoms with Crippen molar-refractivity contribution in [2.24, 2.45) is 0 Å². The fourth-order valence-electron chi connectivity index (χ4n) is 7.85. The minimum atomic E-state index is 0.882. The number of furan rings is 1. The molecular formula is C44H26N2OS. The molecule has 0 saturated heterocycles. The van der Waals surface area contributed by atoms with E-state index in [1.54, 1.807) is 0 Å². The molecule has 3 aromatic heterocycles. The summed E-state index contributed by atoms with van der Waals surface area (Å²) in [6.45, 7) is 0. The van der Waals surface area contributed by atoms with Gasteiger partial charge in [-0.05, 0) is 72.1 Å². The van der Waals surface area contributed by atoms with Gasteiger partial charge in [0.1, 0.15) is 11.2 Å².